The van der Waals surface area contributed by atoms with Gasteiger partial charge >= 0.3 is 18.2 Å². The van der Waals surface area contributed by atoms with Gasteiger partial charge in [0.25, 0.3) is 21.6 Å². The van der Waals surface area contributed by atoms with Gasteiger partial charge in [-0.25, -0.2) is 40.7 Å². The van der Waals surface area contributed by atoms with E-state index in [1.807, 2.05) is 0 Å². The normalized spacial score (nSPS) is 21.3. The van der Waals surface area contributed by atoms with Gasteiger partial charge in [0.05, 0.1) is 10.6 Å². The molecule has 362 valence electrons. The lowest BCUT2D eigenvalue weighted by Crippen LogP contribution is -2.56. The van der Waals surface area contributed by atoms with E-state index in [2.05, 4.69) is 32.0 Å². The predicted molar refractivity (Wildman–Crippen MR) is 239 cm³/mol. The second-order valence-corrected chi connectivity index (χ2v) is 21.0. The summed E-state index contributed by atoms with van der Waals surface area (Å²) in [5.74, 6) is -3.84. The number of hydrogen-bond donors (Lipinski definition) is 6. The molecule has 1 heterocycles. The van der Waals surface area contributed by atoms with Gasteiger partial charge in [-0.1, -0.05) is 56.0 Å². The number of benzene rings is 2. The first-order chi connectivity index (χ1) is 31.1. The number of carbonyl (C=O) groups excluding carboxylic acids is 4. The number of carbonyl (C=O) groups is 5. The van der Waals surface area contributed by atoms with Crippen LogP contribution in [0.4, 0.5) is 21.0 Å². The molecule has 66 heavy (non-hydrogen) atoms. The maximum absolute atomic E-state index is 14.1. The average molecular weight is 962 g/mol. The summed E-state index contributed by atoms with van der Waals surface area (Å²) in [6, 6.07) is 6.97. The molecule has 4 amide bonds. The van der Waals surface area contributed by atoms with E-state index in [0.29, 0.717) is 25.8 Å². The number of unbranched alkanes of at least 4 members (excludes halogenated alkanes) is 4. The van der Waals surface area contributed by atoms with Crippen LogP contribution in [0.2, 0.25) is 0 Å². The average Bonchev–Trinajstić information content (AvgIpc) is 3.48. The van der Waals surface area contributed by atoms with Crippen molar-refractivity contribution in [1.82, 2.24) is 25.0 Å². The van der Waals surface area contributed by atoms with Gasteiger partial charge in [0, 0.05) is 31.1 Å². The highest BCUT2D eigenvalue weighted by atomic mass is 32.2. The van der Waals surface area contributed by atoms with Crippen LogP contribution in [0.5, 0.6) is 0 Å². The molecule has 0 radical (unpaired) electrons. The van der Waals surface area contributed by atoms with Gasteiger partial charge in [0.2, 0.25) is 15.9 Å². The third-order valence-corrected chi connectivity index (χ3v) is 14.5. The summed E-state index contributed by atoms with van der Waals surface area (Å²) in [6.45, 7) is 8.44. The molecule has 5 rings (SSSR count). The lowest BCUT2D eigenvalue weighted by Gasteiger charge is -2.29. The van der Waals surface area contributed by atoms with Crippen molar-refractivity contribution in [3.05, 3.63) is 71.3 Å². The van der Waals surface area contributed by atoms with Gasteiger partial charge in [-0.05, 0) is 90.3 Å². The van der Waals surface area contributed by atoms with Gasteiger partial charge in [-0.3, -0.25) is 24.6 Å². The van der Waals surface area contributed by atoms with Gasteiger partial charge in [0.15, 0.2) is 4.90 Å². The molecule has 6 N–H and O–H groups in total. The van der Waals surface area contributed by atoms with Crippen LogP contribution < -0.4 is 25.4 Å². The maximum Gasteiger partial charge on any atom is 0.411 e. The summed E-state index contributed by atoms with van der Waals surface area (Å²) < 4.78 is 69.7. The third-order valence-electron chi connectivity index (χ3n) is 11.5. The second kappa shape index (κ2) is 21.7. The number of carboxylic acid groups (broad SMARTS) is 1. The van der Waals surface area contributed by atoms with Gasteiger partial charge in [0.1, 0.15) is 34.2 Å². The Hall–Kier alpha value is -5.81. The van der Waals surface area contributed by atoms with Crippen LogP contribution in [0.1, 0.15) is 97.8 Å². The monoisotopic (exact) mass is 961 g/mol. The molecule has 21 nitrogen and oxygen atoms in total. The minimum absolute atomic E-state index is 0.0448. The van der Waals surface area contributed by atoms with Crippen LogP contribution in [0.25, 0.3) is 0 Å². The Morgan fingerprint density at radius 2 is 1.59 bits per heavy atom. The topological polar surface area (TPSA) is 299 Å². The van der Waals surface area contributed by atoms with E-state index in [1.165, 1.54) is 36.4 Å². The van der Waals surface area contributed by atoms with Gasteiger partial charge in [-0.15, -0.1) is 6.58 Å². The van der Waals surface area contributed by atoms with Crippen LogP contribution in [0.3, 0.4) is 0 Å². The number of nitro benzene ring substituents is 1. The van der Waals surface area contributed by atoms with Crippen LogP contribution in [0.15, 0.2) is 71.0 Å². The zero-order chi connectivity index (χ0) is 48.5. The maximum atomic E-state index is 14.1. The Bertz CT molecular complexity index is 2370. The molecular formula is C43H59N7O14S2. The van der Waals surface area contributed by atoms with Gasteiger partial charge in [-0.2, -0.15) is 0 Å². The van der Waals surface area contributed by atoms with Crippen molar-refractivity contribution < 1.29 is 60.3 Å². The van der Waals surface area contributed by atoms with E-state index in [0.717, 1.165) is 55.6 Å². The van der Waals surface area contributed by atoms with Crippen molar-refractivity contribution in [2.24, 2.45) is 5.92 Å². The van der Waals surface area contributed by atoms with E-state index in [9.17, 15) is 56.0 Å². The van der Waals surface area contributed by atoms with E-state index < -0.39 is 101 Å². The molecule has 1 aliphatic heterocycles. The first kappa shape index (κ1) is 51.2. The highest BCUT2D eigenvalue weighted by Gasteiger charge is 2.61. The molecule has 0 spiro atoms. The Kier molecular flexibility index (Phi) is 16.8. The van der Waals surface area contributed by atoms with Crippen LogP contribution in [-0.2, 0) is 43.9 Å². The highest BCUT2D eigenvalue weighted by molar-refractivity contribution is 7.90. The zero-order valence-electron chi connectivity index (χ0n) is 37.2. The predicted octanol–water partition coefficient (Wildman–Crippen LogP) is 4.69. The minimum atomic E-state index is -4.56. The summed E-state index contributed by atoms with van der Waals surface area (Å²) in [6.07, 6.45) is 6.20. The highest BCUT2D eigenvalue weighted by Crippen LogP contribution is 2.45. The summed E-state index contributed by atoms with van der Waals surface area (Å²) >= 11 is 0. The number of nitrogens with one attached hydrogen (secondary N) is 5. The van der Waals surface area contributed by atoms with Crippen LogP contribution in [-0.4, -0.2) is 110 Å². The van der Waals surface area contributed by atoms with Crippen molar-refractivity contribution in [3.8, 4) is 0 Å². The molecule has 2 aromatic carbocycles. The summed E-state index contributed by atoms with van der Waals surface area (Å²) in [5.41, 5.74) is -3.32. The lowest BCUT2D eigenvalue weighted by atomic mass is 10.1. The van der Waals surface area contributed by atoms with Crippen molar-refractivity contribution in [3.63, 3.8) is 0 Å². The number of sulfonamides is 2. The molecule has 1 saturated heterocycles. The fourth-order valence-electron chi connectivity index (χ4n) is 8.08. The Labute approximate surface area is 384 Å². The zero-order valence-corrected chi connectivity index (χ0v) is 38.8. The van der Waals surface area contributed by atoms with E-state index in [1.54, 1.807) is 26.8 Å². The smallest absolute Gasteiger partial charge is 0.411 e. The number of carboxylic acids is 1. The number of nitrogens with zero attached hydrogens (tertiary/aromatic N) is 2. The summed E-state index contributed by atoms with van der Waals surface area (Å²) in [7, 11) is -9.12. The molecule has 3 fully saturated rings. The number of alkyl carbamates (subject to hydrolysis) is 1. The first-order valence-electron chi connectivity index (χ1n) is 21.9. The molecule has 0 bridgehead atoms. The summed E-state index contributed by atoms with van der Waals surface area (Å²) in [5, 5.41) is 29.3. The number of likely N-dealkylation sites (tertiary alicyclic amines) is 1. The van der Waals surface area contributed by atoms with Crippen LogP contribution in [0, 0.1) is 16.0 Å². The Balaban J connectivity index is 1.18. The molecule has 0 unspecified atom stereocenters. The van der Waals surface area contributed by atoms with E-state index in [-0.39, 0.29) is 42.5 Å². The molecule has 2 aromatic rings. The van der Waals surface area contributed by atoms with E-state index in [4.69, 9.17) is 9.47 Å². The number of anilines is 1. The second-order valence-electron chi connectivity index (χ2n) is 17.7. The fraction of sp³-hybridized carbons (Fsp3) is 0.558. The molecule has 0 aromatic heterocycles. The van der Waals surface area contributed by atoms with Crippen molar-refractivity contribution in [2.45, 2.75) is 143 Å². The summed E-state index contributed by atoms with van der Waals surface area (Å²) in [4.78, 5) is 76.2. The fourth-order valence-corrected chi connectivity index (χ4v) is 10.7. The Morgan fingerprint density at radius 3 is 2.23 bits per heavy atom. The number of nitro groups is 1. The number of hydrogen-bond acceptors (Lipinski definition) is 14. The number of ether oxygens (including phenoxy) is 2. The standard InChI is InChI=1S/C43H59N7O14S2/c1-5-28-26-43(28,46-37(51)34-25-29(27-49(34)41(56)64-42(2,3)4)47-66(61,62)36-23-15-13-21-33(36)50(57)58)39(54)48-65(59,60)35-22-14-12-19-31(35)44-24-16-8-6-7-9-20-32(38(52)53)45-40(55)63-30-17-10-11-18-30/h5,12-15,19,21-23,28-30,32,34,44,47H,1,6-11,16-18,20,24-27H2,2-4H3,(H,45,55)(H,46,51)(H,48,54)(H,52,53)/t28-,29-,32+,34-,43+/m1/s1. The quantitative estimate of drug-likeness (QED) is 0.0404. The van der Waals surface area contributed by atoms with Crippen molar-refractivity contribution in [2.75, 3.05) is 18.4 Å². The third kappa shape index (κ3) is 13.4. The number of amides is 4. The molecule has 2 saturated carbocycles. The SMILES string of the molecule is C=C[C@@H]1C[C@@]1(NC(=O)[C@H]1C[C@@H](NS(=O)(=O)c2ccccc2[N+](=O)[O-])CN1C(=O)OC(C)(C)C)C(=O)NS(=O)(=O)c1ccccc1NCCCCCCC[C@H](NC(=O)OC1CCCC1)C(=O)O. The molecule has 23 heteroatoms. The first-order valence-corrected chi connectivity index (χ1v) is 24.8. The number of aliphatic carboxylic acids is 1. The minimum Gasteiger partial charge on any atom is -0.480 e. The molecule has 5 atom stereocenters. The number of rotatable bonds is 22. The molecule has 3 aliphatic rings. The lowest BCUT2D eigenvalue weighted by molar-refractivity contribution is -0.387. The number of para-hydroxylation sites is 2. The molecule has 2 aliphatic carbocycles. The van der Waals surface area contributed by atoms with Crippen molar-refractivity contribution in [1.29, 1.82) is 0 Å². The van der Waals surface area contributed by atoms with E-state index >= 15 is 0 Å². The van der Waals surface area contributed by atoms with Gasteiger partial charge < -0.3 is 30.5 Å². The molecular weight excluding hydrogens is 903 g/mol. The largest absolute Gasteiger partial charge is 0.480 e. The Morgan fingerprint density at radius 1 is 0.955 bits per heavy atom. The van der Waals surface area contributed by atoms with Crippen LogP contribution >= 0.6 is 0 Å². The van der Waals surface area contributed by atoms with Crippen molar-refractivity contribution >= 4 is 61.4 Å².